The molecule has 1 aromatic heterocycles. The van der Waals surface area contributed by atoms with Crippen LogP contribution in [0.2, 0.25) is 0 Å². The molecule has 0 aliphatic heterocycles. The fourth-order valence-electron chi connectivity index (χ4n) is 2.12. The maximum atomic E-state index is 11.0. The summed E-state index contributed by atoms with van der Waals surface area (Å²) in [7, 11) is 0. The van der Waals surface area contributed by atoms with E-state index in [0.717, 1.165) is 22.3 Å². The number of aromatic nitrogens is 2. The highest BCUT2D eigenvalue weighted by Crippen LogP contribution is 2.20. The Morgan fingerprint density at radius 2 is 2.05 bits per heavy atom. The van der Waals surface area contributed by atoms with Gasteiger partial charge in [-0.2, -0.15) is 0 Å². The maximum Gasteiger partial charge on any atom is 0.335 e. The molecule has 0 saturated heterocycles. The lowest BCUT2D eigenvalue weighted by Gasteiger charge is -2.05. The van der Waals surface area contributed by atoms with Crippen molar-refractivity contribution in [3.63, 3.8) is 0 Å². The molecule has 2 aromatic carbocycles. The molecule has 1 heterocycles. The summed E-state index contributed by atoms with van der Waals surface area (Å²) in [5, 5.41) is 9.03. The molecule has 0 bridgehead atoms. The van der Waals surface area contributed by atoms with Crippen molar-refractivity contribution < 1.29 is 9.90 Å². The van der Waals surface area contributed by atoms with E-state index in [1.807, 2.05) is 35.8 Å². The molecule has 94 valence electrons. The number of rotatable bonds is 2. The van der Waals surface area contributed by atoms with Crippen LogP contribution in [0.5, 0.6) is 0 Å². The van der Waals surface area contributed by atoms with Crippen LogP contribution in [-0.2, 0) is 0 Å². The van der Waals surface area contributed by atoms with E-state index in [2.05, 4.69) is 4.98 Å². The number of benzene rings is 2. The minimum Gasteiger partial charge on any atom is -0.478 e. The van der Waals surface area contributed by atoms with Crippen LogP contribution in [0.3, 0.4) is 0 Å². The zero-order chi connectivity index (χ0) is 13.4. The van der Waals surface area contributed by atoms with Crippen molar-refractivity contribution in [3.05, 3.63) is 59.9 Å². The van der Waals surface area contributed by atoms with Crippen LogP contribution in [0, 0.1) is 6.92 Å². The zero-order valence-corrected chi connectivity index (χ0v) is 10.4. The summed E-state index contributed by atoms with van der Waals surface area (Å²) in [5.74, 6) is -0.929. The number of carbonyl (C=O) groups is 1. The standard InChI is InChI=1S/C15H12N2O2/c1-10-5-6-14-13(7-10)16-9-17(14)12-4-2-3-11(8-12)15(18)19/h2-9H,1H3,(H,18,19). The quantitative estimate of drug-likeness (QED) is 0.762. The molecule has 3 aromatic rings. The number of nitrogens with zero attached hydrogens (tertiary/aromatic N) is 2. The van der Waals surface area contributed by atoms with Gasteiger partial charge in [-0.05, 0) is 42.8 Å². The summed E-state index contributed by atoms with van der Waals surface area (Å²) in [4.78, 5) is 15.4. The first-order chi connectivity index (χ1) is 9.15. The van der Waals surface area contributed by atoms with E-state index in [1.54, 1.807) is 24.5 Å². The highest BCUT2D eigenvalue weighted by molar-refractivity contribution is 5.88. The normalized spacial score (nSPS) is 10.8. The van der Waals surface area contributed by atoms with Crippen molar-refractivity contribution >= 4 is 17.0 Å². The van der Waals surface area contributed by atoms with Crippen LogP contribution >= 0.6 is 0 Å². The van der Waals surface area contributed by atoms with E-state index in [1.165, 1.54) is 0 Å². The summed E-state index contributed by atoms with van der Waals surface area (Å²) >= 11 is 0. The molecule has 0 aliphatic rings. The Labute approximate surface area is 109 Å². The zero-order valence-electron chi connectivity index (χ0n) is 10.4. The molecule has 0 amide bonds. The molecule has 0 fully saturated rings. The van der Waals surface area contributed by atoms with E-state index in [4.69, 9.17) is 5.11 Å². The fraction of sp³-hybridized carbons (Fsp3) is 0.0667. The summed E-state index contributed by atoms with van der Waals surface area (Å²) in [6.45, 7) is 2.02. The average molecular weight is 252 g/mol. The van der Waals surface area contributed by atoms with Gasteiger partial charge in [0.25, 0.3) is 0 Å². The van der Waals surface area contributed by atoms with Crippen LogP contribution in [0.25, 0.3) is 16.7 Å². The molecule has 3 rings (SSSR count). The Hall–Kier alpha value is -2.62. The van der Waals surface area contributed by atoms with Crippen LogP contribution in [0.4, 0.5) is 0 Å². The first kappa shape index (κ1) is 11.5. The first-order valence-electron chi connectivity index (χ1n) is 5.92. The fourth-order valence-corrected chi connectivity index (χ4v) is 2.12. The number of fused-ring (bicyclic) bond motifs is 1. The average Bonchev–Trinajstić information content (AvgIpc) is 2.81. The Morgan fingerprint density at radius 1 is 1.21 bits per heavy atom. The predicted octanol–water partition coefficient (Wildman–Crippen LogP) is 3.03. The first-order valence-corrected chi connectivity index (χ1v) is 5.92. The summed E-state index contributed by atoms with van der Waals surface area (Å²) in [6, 6.07) is 12.8. The minimum atomic E-state index is -0.929. The van der Waals surface area contributed by atoms with Gasteiger partial charge in [0, 0.05) is 5.69 Å². The lowest BCUT2D eigenvalue weighted by atomic mass is 10.2. The Kier molecular flexibility index (Phi) is 2.56. The van der Waals surface area contributed by atoms with Crippen molar-refractivity contribution in [2.24, 2.45) is 0 Å². The van der Waals surface area contributed by atoms with Crippen molar-refractivity contribution in [2.75, 3.05) is 0 Å². The number of imidazole rings is 1. The van der Waals surface area contributed by atoms with E-state index in [0.29, 0.717) is 0 Å². The number of hydrogen-bond acceptors (Lipinski definition) is 2. The molecule has 4 nitrogen and oxygen atoms in total. The van der Waals surface area contributed by atoms with Crippen molar-refractivity contribution in [1.29, 1.82) is 0 Å². The molecular weight excluding hydrogens is 240 g/mol. The third kappa shape index (κ3) is 1.97. The molecular formula is C15H12N2O2. The van der Waals surface area contributed by atoms with Gasteiger partial charge in [-0.15, -0.1) is 0 Å². The molecule has 4 heteroatoms. The Morgan fingerprint density at radius 3 is 2.84 bits per heavy atom. The lowest BCUT2D eigenvalue weighted by molar-refractivity contribution is 0.0697. The molecule has 0 aliphatic carbocycles. The molecule has 1 N–H and O–H groups in total. The SMILES string of the molecule is Cc1ccc2c(c1)ncn2-c1cccc(C(=O)O)c1. The molecule has 19 heavy (non-hydrogen) atoms. The number of carboxylic acid groups (broad SMARTS) is 1. The number of carboxylic acids is 1. The van der Waals surface area contributed by atoms with Gasteiger partial charge in [0.05, 0.1) is 16.6 Å². The van der Waals surface area contributed by atoms with Gasteiger partial charge in [-0.1, -0.05) is 12.1 Å². The van der Waals surface area contributed by atoms with Gasteiger partial charge < -0.3 is 5.11 Å². The molecule has 0 unspecified atom stereocenters. The number of aryl methyl sites for hydroxylation is 1. The summed E-state index contributed by atoms with van der Waals surface area (Å²) in [6.07, 6.45) is 1.71. The van der Waals surface area contributed by atoms with Crippen LogP contribution in [0.15, 0.2) is 48.8 Å². The van der Waals surface area contributed by atoms with Gasteiger partial charge in [-0.3, -0.25) is 4.57 Å². The van der Waals surface area contributed by atoms with Crippen molar-refractivity contribution in [2.45, 2.75) is 6.92 Å². The topological polar surface area (TPSA) is 55.1 Å². The Bertz CT molecular complexity index is 775. The van der Waals surface area contributed by atoms with E-state index >= 15 is 0 Å². The van der Waals surface area contributed by atoms with E-state index in [-0.39, 0.29) is 5.56 Å². The second kappa shape index (κ2) is 4.24. The van der Waals surface area contributed by atoms with Crippen LogP contribution in [0.1, 0.15) is 15.9 Å². The lowest BCUT2D eigenvalue weighted by Crippen LogP contribution is -1.99. The predicted molar refractivity (Wildman–Crippen MR) is 72.8 cm³/mol. The largest absolute Gasteiger partial charge is 0.478 e. The second-order valence-corrected chi connectivity index (χ2v) is 4.46. The maximum absolute atomic E-state index is 11.0. The summed E-state index contributed by atoms with van der Waals surface area (Å²) in [5.41, 5.74) is 4.09. The third-order valence-corrected chi connectivity index (χ3v) is 3.07. The molecule has 0 spiro atoms. The van der Waals surface area contributed by atoms with Crippen LogP contribution < -0.4 is 0 Å². The molecule has 0 saturated carbocycles. The van der Waals surface area contributed by atoms with Gasteiger partial charge in [0.2, 0.25) is 0 Å². The Balaban J connectivity index is 2.19. The number of hydrogen-bond donors (Lipinski definition) is 1. The van der Waals surface area contributed by atoms with Gasteiger partial charge in [-0.25, -0.2) is 9.78 Å². The summed E-state index contributed by atoms with van der Waals surface area (Å²) < 4.78 is 1.89. The highest BCUT2D eigenvalue weighted by Gasteiger charge is 2.07. The second-order valence-electron chi connectivity index (χ2n) is 4.46. The monoisotopic (exact) mass is 252 g/mol. The highest BCUT2D eigenvalue weighted by atomic mass is 16.4. The third-order valence-electron chi connectivity index (χ3n) is 3.07. The minimum absolute atomic E-state index is 0.270. The van der Waals surface area contributed by atoms with Gasteiger partial charge in [0.15, 0.2) is 0 Å². The van der Waals surface area contributed by atoms with Crippen molar-refractivity contribution in [1.82, 2.24) is 9.55 Å². The van der Waals surface area contributed by atoms with Crippen LogP contribution in [-0.4, -0.2) is 20.6 Å². The van der Waals surface area contributed by atoms with Crippen molar-refractivity contribution in [3.8, 4) is 5.69 Å². The van der Waals surface area contributed by atoms with E-state index in [9.17, 15) is 4.79 Å². The molecule has 0 radical (unpaired) electrons. The molecule has 0 atom stereocenters. The smallest absolute Gasteiger partial charge is 0.335 e. The number of aromatic carboxylic acids is 1. The van der Waals surface area contributed by atoms with E-state index < -0.39 is 5.97 Å². The van der Waals surface area contributed by atoms with Gasteiger partial charge in [0.1, 0.15) is 6.33 Å². The van der Waals surface area contributed by atoms with Gasteiger partial charge >= 0.3 is 5.97 Å².